The Morgan fingerprint density at radius 1 is 0.971 bits per heavy atom. The first-order chi connectivity index (χ1) is 16.9. The van der Waals surface area contributed by atoms with Gasteiger partial charge in [-0.1, -0.05) is 58.9 Å². The molecule has 0 bridgehead atoms. The van der Waals surface area contributed by atoms with E-state index in [1.165, 1.54) is 27.0 Å². The van der Waals surface area contributed by atoms with E-state index in [1.807, 2.05) is 36.1 Å². The SMILES string of the molecule is Cc1ccc(SCC(=O)N2CCN(Cc3cc(=O)n4nc(-c5ccc(C)cc5)sc4n3)CC2)cc1. The average Bonchev–Trinajstić information content (AvgIpc) is 3.29. The van der Waals surface area contributed by atoms with Gasteiger partial charge in [-0.15, -0.1) is 11.8 Å². The van der Waals surface area contributed by atoms with Crippen LogP contribution in [0.15, 0.2) is 64.3 Å². The Balaban J connectivity index is 1.18. The Morgan fingerprint density at radius 2 is 1.63 bits per heavy atom. The molecular formula is C26H27N5O2S2. The van der Waals surface area contributed by atoms with Crippen LogP contribution in [0.2, 0.25) is 0 Å². The molecule has 0 aliphatic carbocycles. The van der Waals surface area contributed by atoms with Crippen molar-refractivity contribution < 1.29 is 4.79 Å². The van der Waals surface area contributed by atoms with Crippen LogP contribution < -0.4 is 5.56 Å². The van der Waals surface area contributed by atoms with E-state index in [9.17, 15) is 9.59 Å². The van der Waals surface area contributed by atoms with Crippen LogP contribution in [-0.4, -0.2) is 62.2 Å². The first-order valence-corrected chi connectivity index (χ1v) is 13.4. The van der Waals surface area contributed by atoms with Gasteiger partial charge in [0.05, 0.1) is 11.4 Å². The largest absolute Gasteiger partial charge is 0.339 e. The van der Waals surface area contributed by atoms with E-state index in [0.29, 0.717) is 30.3 Å². The number of hydrogen-bond acceptors (Lipinski definition) is 7. The number of carbonyl (C=O) groups excluding carboxylic acids is 1. The van der Waals surface area contributed by atoms with E-state index >= 15 is 0 Å². The second-order valence-electron chi connectivity index (χ2n) is 8.81. The van der Waals surface area contributed by atoms with Crippen LogP contribution in [-0.2, 0) is 11.3 Å². The van der Waals surface area contributed by atoms with E-state index in [1.54, 1.807) is 17.8 Å². The van der Waals surface area contributed by atoms with Crippen molar-refractivity contribution in [2.75, 3.05) is 31.9 Å². The summed E-state index contributed by atoms with van der Waals surface area (Å²) in [5.74, 6) is 0.619. The molecule has 0 atom stereocenters. The van der Waals surface area contributed by atoms with Crippen LogP contribution in [0.3, 0.4) is 0 Å². The summed E-state index contributed by atoms with van der Waals surface area (Å²) in [6.07, 6.45) is 0. The minimum atomic E-state index is -0.165. The number of rotatable bonds is 6. The molecule has 3 heterocycles. The molecule has 35 heavy (non-hydrogen) atoms. The fourth-order valence-corrected chi connectivity index (χ4v) is 5.74. The van der Waals surface area contributed by atoms with Crippen molar-refractivity contribution in [1.82, 2.24) is 24.4 Å². The minimum Gasteiger partial charge on any atom is -0.339 e. The quantitative estimate of drug-likeness (QED) is 0.371. The summed E-state index contributed by atoms with van der Waals surface area (Å²) in [5.41, 5.74) is 3.95. The monoisotopic (exact) mass is 505 g/mol. The van der Waals surface area contributed by atoms with Crippen LogP contribution >= 0.6 is 23.1 Å². The highest BCUT2D eigenvalue weighted by atomic mass is 32.2. The van der Waals surface area contributed by atoms with Crippen molar-refractivity contribution in [3.63, 3.8) is 0 Å². The smallest absolute Gasteiger partial charge is 0.275 e. The Labute approximate surface area is 212 Å². The van der Waals surface area contributed by atoms with Crippen LogP contribution in [0.4, 0.5) is 0 Å². The lowest BCUT2D eigenvalue weighted by Crippen LogP contribution is -2.49. The van der Waals surface area contributed by atoms with Crippen LogP contribution in [0.1, 0.15) is 16.8 Å². The molecule has 9 heteroatoms. The molecule has 180 valence electrons. The number of nitrogens with zero attached hydrogens (tertiary/aromatic N) is 5. The Kier molecular flexibility index (Phi) is 6.99. The fourth-order valence-electron chi connectivity index (χ4n) is 4.01. The number of aryl methyl sites for hydroxylation is 2. The molecule has 2 aromatic heterocycles. The number of fused-ring (bicyclic) bond motifs is 1. The van der Waals surface area contributed by atoms with Crippen molar-refractivity contribution in [3.8, 4) is 10.6 Å². The number of piperazine rings is 1. The second-order valence-corrected chi connectivity index (χ2v) is 10.8. The minimum absolute atomic E-state index is 0.165. The zero-order valence-electron chi connectivity index (χ0n) is 19.8. The van der Waals surface area contributed by atoms with Gasteiger partial charge in [0.15, 0.2) is 0 Å². The molecule has 1 amide bonds. The van der Waals surface area contributed by atoms with Gasteiger partial charge in [0.25, 0.3) is 5.56 Å². The molecule has 0 radical (unpaired) electrons. The highest BCUT2D eigenvalue weighted by molar-refractivity contribution is 8.00. The Hall–Kier alpha value is -3.01. The standard InChI is InChI=1S/C26H27N5O2S2/c1-18-3-7-20(8-4-18)25-28-31-23(32)15-21(27-26(31)35-25)16-29-11-13-30(14-12-29)24(33)17-34-22-9-5-19(2)6-10-22/h3-10,15H,11-14,16-17H2,1-2H3. The molecule has 1 aliphatic heterocycles. The van der Waals surface area contributed by atoms with Crippen molar-refractivity contribution >= 4 is 34.0 Å². The molecule has 7 nitrogen and oxygen atoms in total. The summed E-state index contributed by atoms with van der Waals surface area (Å²) in [6.45, 7) is 7.59. The first-order valence-electron chi connectivity index (χ1n) is 11.6. The van der Waals surface area contributed by atoms with E-state index in [2.05, 4.69) is 41.2 Å². The molecule has 2 aromatic carbocycles. The highest BCUT2D eigenvalue weighted by Gasteiger charge is 2.22. The summed E-state index contributed by atoms with van der Waals surface area (Å²) >= 11 is 3.00. The van der Waals surface area contributed by atoms with Crippen LogP contribution in [0.25, 0.3) is 15.5 Å². The summed E-state index contributed by atoms with van der Waals surface area (Å²) in [4.78, 5) is 35.9. The van der Waals surface area contributed by atoms with Gasteiger partial charge in [0.2, 0.25) is 10.9 Å². The Morgan fingerprint density at radius 3 is 2.31 bits per heavy atom. The van der Waals surface area contributed by atoms with E-state index < -0.39 is 0 Å². The number of carbonyl (C=O) groups is 1. The lowest BCUT2D eigenvalue weighted by Gasteiger charge is -2.34. The van der Waals surface area contributed by atoms with E-state index in [4.69, 9.17) is 4.98 Å². The third-order valence-corrected chi connectivity index (χ3v) is 8.04. The van der Waals surface area contributed by atoms with E-state index in [0.717, 1.165) is 34.2 Å². The van der Waals surface area contributed by atoms with Gasteiger partial charge in [-0.2, -0.15) is 9.61 Å². The molecule has 0 unspecified atom stereocenters. The summed E-state index contributed by atoms with van der Waals surface area (Å²) in [7, 11) is 0. The van der Waals surface area contributed by atoms with Crippen molar-refractivity contribution in [1.29, 1.82) is 0 Å². The van der Waals surface area contributed by atoms with Gasteiger partial charge in [-0.05, 0) is 26.0 Å². The van der Waals surface area contributed by atoms with Crippen molar-refractivity contribution in [3.05, 3.63) is 81.8 Å². The lowest BCUT2D eigenvalue weighted by molar-refractivity contribution is -0.130. The van der Waals surface area contributed by atoms with Gasteiger partial charge in [0, 0.05) is 49.2 Å². The van der Waals surface area contributed by atoms with Crippen molar-refractivity contribution in [2.24, 2.45) is 0 Å². The van der Waals surface area contributed by atoms with Crippen LogP contribution in [0.5, 0.6) is 0 Å². The number of amides is 1. The predicted molar refractivity (Wildman–Crippen MR) is 141 cm³/mol. The van der Waals surface area contributed by atoms with Gasteiger partial charge >= 0.3 is 0 Å². The van der Waals surface area contributed by atoms with Gasteiger partial charge in [-0.25, -0.2) is 4.98 Å². The summed E-state index contributed by atoms with van der Waals surface area (Å²) in [6, 6.07) is 17.9. The molecule has 0 N–H and O–H groups in total. The number of hydrogen-bond donors (Lipinski definition) is 0. The highest BCUT2D eigenvalue weighted by Crippen LogP contribution is 2.25. The predicted octanol–water partition coefficient (Wildman–Crippen LogP) is 3.87. The lowest BCUT2D eigenvalue weighted by atomic mass is 10.2. The maximum absolute atomic E-state index is 12.7. The molecule has 1 aliphatic rings. The number of benzene rings is 2. The maximum atomic E-state index is 12.7. The maximum Gasteiger partial charge on any atom is 0.275 e. The van der Waals surface area contributed by atoms with E-state index in [-0.39, 0.29) is 11.5 Å². The second kappa shape index (κ2) is 10.3. The summed E-state index contributed by atoms with van der Waals surface area (Å²) in [5, 5.41) is 5.25. The molecule has 1 saturated heterocycles. The molecule has 4 aromatic rings. The van der Waals surface area contributed by atoms with Crippen molar-refractivity contribution in [2.45, 2.75) is 25.3 Å². The molecule has 0 spiro atoms. The molecular weight excluding hydrogens is 478 g/mol. The normalized spacial score (nSPS) is 14.5. The number of thioether (sulfide) groups is 1. The summed E-state index contributed by atoms with van der Waals surface area (Å²) < 4.78 is 1.38. The molecule has 5 rings (SSSR count). The molecule has 0 saturated carbocycles. The molecule has 1 fully saturated rings. The van der Waals surface area contributed by atoms with Gasteiger partial charge < -0.3 is 4.90 Å². The zero-order valence-corrected chi connectivity index (χ0v) is 21.4. The first kappa shape index (κ1) is 23.7. The third kappa shape index (κ3) is 5.63. The average molecular weight is 506 g/mol. The fraction of sp³-hybridized carbons (Fsp3) is 0.308. The van der Waals surface area contributed by atoms with Gasteiger partial charge in [0.1, 0.15) is 5.01 Å². The van der Waals surface area contributed by atoms with Crippen LogP contribution in [0, 0.1) is 13.8 Å². The van der Waals surface area contributed by atoms with Gasteiger partial charge in [-0.3, -0.25) is 14.5 Å². The zero-order chi connectivity index (χ0) is 24.4. The number of aromatic nitrogens is 3. The topological polar surface area (TPSA) is 70.8 Å². The third-order valence-electron chi connectivity index (χ3n) is 6.09. The Bertz CT molecular complexity index is 1390.